The van der Waals surface area contributed by atoms with Crippen molar-refractivity contribution in [2.24, 2.45) is 5.92 Å². The Hall–Kier alpha value is -0.610. The predicted molar refractivity (Wildman–Crippen MR) is 80.7 cm³/mol. The van der Waals surface area contributed by atoms with Gasteiger partial charge in [-0.2, -0.15) is 0 Å². The van der Waals surface area contributed by atoms with Gasteiger partial charge in [-0.1, -0.05) is 6.92 Å². The molecule has 20 heavy (non-hydrogen) atoms. The van der Waals surface area contributed by atoms with Gasteiger partial charge in [-0.05, 0) is 57.5 Å². The zero-order valence-electron chi connectivity index (χ0n) is 12.9. The van der Waals surface area contributed by atoms with Crippen molar-refractivity contribution in [2.45, 2.75) is 58.0 Å². The molecule has 2 aliphatic heterocycles. The molecule has 2 atom stereocenters. The third kappa shape index (κ3) is 5.06. The number of nitrogens with zero attached hydrogens (tertiary/aromatic N) is 1. The number of nitrogens with one attached hydrogen (secondary N) is 1. The summed E-state index contributed by atoms with van der Waals surface area (Å²) in [6.45, 7) is 6.92. The molecular formula is C16H30N2O2. The van der Waals surface area contributed by atoms with Crippen molar-refractivity contribution in [1.29, 1.82) is 0 Å². The van der Waals surface area contributed by atoms with Crippen LogP contribution in [0.25, 0.3) is 0 Å². The molecule has 1 amide bonds. The summed E-state index contributed by atoms with van der Waals surface area (Å²) in [6.07, 6.45) is 7.82. The van der Waals surface area contributed by atoms with Crippen molar-refractivity contribution in [3.8, 4) is 0 Å². The zero-order chi connectivity index (χ0) is 14.2. The molecule has 0 aromatic rings. The molecule has 2 aliphatic rings. The quantitative estimate of drug-likeness (QED) is 0.812. The highest BCUT2D eigenvalue weighted by Crippen LogP contribution is 2.19. The summed E-state index contributed by atoms with van der Waals surface area (Å²) in [5.41, 5.74) is 0. The van der Waals surface area contributed by atoms with E-state index in [-0.39, 0.29) is 6.10 Å². The molecule has 2 saturated heterocycles. The third-order valence-electron chi connectivity index (χ3n) is 4.45. The molecule has 116 valence electrons. The van der Waals surface area contributed by atoms with E-state index in [2.05, 4.69) is 12.2 Å². The number of hydrogen-bond donors (Lipinski definition) is 1. The van der Waals surface area contributed by atoms with E-state index in [1.807, 2.05) is 4.90 Å². The number of hydrogen-bond acceptors (Lipinski definition) is 3. The van der Waals surface area contributed by atoms with Crippen LogP contribution in [-0.2, 0) is 9.53 Å². The van der Waals surface area contributed by atoms with E-state index in [9.17, 15) is 4.79 Å². The summed E-state index contributed by atoms with van der Waals surface area (Å²) in [5.74, 6) is 1.03. The summed E-state index contributed by atoms with van der Waals surface area (Å²) >= 11 is 0. The van der Waals surface area contributed by atoms with E-state index < -0.39 is 0 Å². The first-order chi connectivity index (χ1) is 9.79. The second-order valence-electron chi connectivity index (χ2n) is 6.23. The van der Waals surface area contributed by atoms with Crippen LogP contribution in [0.1, 0.15) is 51.9 Å². The lowest BCUT2D eigenvalue weighted by atomic mass is 9.94. The fraction of sp³-hybridized carbons (Fsp3) is 0.938. The van der Waals surface area contributed by atoms with Crippen LogP contribution in [0.5, 0.6) is 0 Å². The van der Waals surface area contributed by atoms with Crippen molar-refractivity contribution in [1.82, 2.24) is 10.2 Å². The Kier molecular flexibility index (Phi) is 6.80. The average Bonchev–Trinajstić information content (AvgIpc) is 2.52. The maximum Gasteiger partial charge on any atom is 0.222 e. The van der Waals surface area contributed by atoms with Crippen LogP contribution in [0, 0.1) is 5.92 Å². The smallest absolute Gasteiger partial charge is 0.222 e. The number of ether oxygens (including phenoxy) is 1. The second-order valence-corrected chi connectivity index (χ2v) is 6.23. The van der Waals surface area contributed by atoms with Crippen molar-refractivity contribution in [3.63, 3.8) is 0 Å². The van der Waals surface area contributed by atoms with Gasteiger partial charge in [-0.15, -0.1) is 0 Å². The van der Waals surface area contributed by atoms with Gasteiger partial charge in [0.25, 0.3) is 0 Å². The Bertz CT molecular complexity index is 290. The second kappa shape index (κ2) is 8.63. The Labute approximate surface area is 123 Å². The molecule has 2 heterocycles. The molecule has 0 bridgehead atoms. The lowest BCUT2D eigenvalue weighted by Crippen LogP contribution is -2.43. The molecule has 0 spiro atoms. The van der Waals surface area contributed by atoms with Crippen LogP contribution in [0.2, 0.25) is 0 Å². The van der Waals surface area contributed by atoms with Gasteiger partial charge in [0.05, 0.1) is 6.10 Å². The van der Waals surface area contributed by atoms with Crippen LogP contribution in [0.15, 0.2) is 0 Å². The van der Waals surface area contributed by atoms with Crippen LogP contribution in [0.4, 0.5) is 0 Å². The summed E-state index contributed by atoms with van der Waals surface area (Å²) in [5, 5.41) is 3.42. The number of likely N-dealkylation sites (tertiary alicyclic amines) is 1. The minimum Gasteiger partial charge on any atom is -0.376 e. The summed E-state index contributed by atoms with van der Waals surface area (Å²) in [4.78, 5) is 14.3. The molecule has 0 aliphatic carbocycles. The van der Waals surface area contributed by atoms with Gasteiger partial charge in [0.15, 0.2) is 0 Å². The van der Waals surface area contributed by atoms with Crippen molar-refractivity contribution in [2.75, 3.05) is 32.8 Å². The Morgan fingerprint density at radius 3 is 3.00 bits per heavy atom. The van der Waals surface area contributed by atoms with E-state index in [0.717, 1.165) is 58.5 Å². The summed E-state index contributed by atoms with van der Waals surface area (Å²) in [7, 11) is 0. The third-order valence-corrected chi connectivity index (χ3v) is 4.45. The Morgan fingerprint density at radius 1 is 1.35 bits per heavy atom. The van der Waals surface area contributed by atoms with Gasteiger partial charge >= 0.3 is 0 Å². The van der Waals surface area contributed by atoms with Crippen molar-refractivity contribution in [3.05, 3.63) is 0 Å². The van der Waals surface area contributed by atoms with Gasteiger partial charge in [0, 0.05) is 26.1 Å². The number of rotatable bonds is 6. The normalized spacial score (nSPS) is 27.6. The predicted octanol–water partition coefficient (Wildman–Crippen LogP) is 2.18. The van der Waals surface area contributed by atoms with Crippen LogP contribution >= 0.6 is 0 Å². The van der Waals surface area contributed by atoms with Gasteiger partial charge in [0.1, 0.15) is 0 Å². The summed E-state index contributed by atoms with van der Waals surface area (Å²) < 4.78 is 5.80. The minimum atomic E-state index is 0.268. The molecule has 2 fully saturated rings. The first kappa shape index (κ1) is 15.8. The Morgan fingerprint density at radius 2 is 2.25 bits per heavy atom. The molecule has 1 N–H and O–H groups in total. The highest BCUT2D eigenvalue weighted by atomic mass is 16.5. The monoisotopic (exact) mass is 282 g/mol. The molecule has 2 rings (SSSR count). The molecule has 2 unspecified atom stereocenters. The topological polar surface area (TPSA) is 41.6 Å². The first-order valence-corrected chi connectivity index (χ1v) is 8.39. The van der Waals surface area contributed by atoms with Gasteiger partial charge in [-0.25, -0.2) is 0 Å². The zero-order valence-corrected chi connectivity index (χ0v) is 12.9. The summed E-state index contributed by atoms with van der Waals surface area (Å²) in [6, 6.07) is 0. The fourth-order valence-corrected chi connectivity index (χ4v) is 3.24. The standard InChI is InChI=1S/C16H30N2O2/c1-2-11-20-15-6-4-10-18(13-15)16(19)8-7-14-5-3-9-17-12-14/h14-15,17H,2-13H2,1H3. The van der Waals surface area contributed by atoms with Crippen LogP contribution in [0.3, 0.4) is 0 Å². The molecular weight excluding hydrogens is 252 g/mol. The maximum absolute atomic E-state index is 12.3. The van der Waals surface area contributed by atoms with Gasteiger partial charge in [-0.3, -0.25) is 4.79 Å². The maximum atomic E-state index is 12.3. The van der Waals surface area contributed by atoms with E-state index in [1.54, 1.807) is 0 Å². The van der Waals surface area contributed by atoms with Crippen LogP contribution < -0.4 is 5.32 Å². The Balaban J connectivity index is 1.68. The lowest BCUT2D eigenvalue weighted by Gasteiger charge is -2.33. The lowest BCUT2D eigenvalue weighted by molar-refractivity contribution is -0.135. The molecule has 4 heteroatoms. The van der Waals surface area contributed by atoms with Crippen LogP contribution in [-0.4, -0.2) is 49.7 Å². The number of amides is 1. The van der Waals surface area contributed by atoms with E-state index in [0.29, 0.717) is 18.2 Å². The SMILES string of the molecule is CCCOC1CCCN(C(=O)CCC2CCCNC2)C1. The molecule has 0 radical (unpaired) electrons. The minimum absolute atomic E-state index is 0.268. The highest BCUT2D eigenvalue weighted by molar-refractivity contribution is 5.76. The number of piperidine rings is 2. The average molecular weight is 282 g/mol. The van der Waals surface area contributed by atoms with E-state index in [1.165, 1.54) is 12.8 Å². The number of carbonyl (C=O) groups is 1. The van der Waals surface area contributed by atoms with E-state index in [4.69, 9.17) is 4.74 Å². The highest BCUT2D eigenvalue weighted by Gasteiger charge is 2.24. The fourth-order valence-electron chi connectivity index (χ4n) is 3.24. The molecule has 4 nitrogen and oxygen atoms in total. The van der Waals surface area contributed by atoms with E-state index >= 15 is 0 Å². The van der Waals surface area contributed by atoms with Crippen molar-refractivity contribution < 1.29 is 9.53 Å². The largest absolute Gasteiger partial charge is 0.376 e. The number of carbonyl (C=O) groups excluding carboxylic acids is 1. The molecule has 0 saturated carbocycles. The van der Waals surface area contributed by atoms with Gasteiger partial charge in [0.2, 0.25) is 5.91 Å². The molecule has 0 aromatic carbocycles. The first-order valence-electron chi connectivity index (χ1n) is 8.39. The molecule has 0 aromatic heterocycles. The van der Waals surface area contributed by atoms with Crippen molar-refractivity contribution >= 4 is 5.91 Å². The van der Waals surface area contributed by atoms with Gasteiger partial charge < -0.3 is 15.0 Å².